The van der Waals surface area contributed by atoms with Gasteiger partial charge in [-0.05, 0) is 57.4 Å². The van der Waals surface area contributed by atoms with Crippen molar-refractivity contribution in [2.24, 2.45) is 0 Å². The summed E-state index contributed by atoms with van der Waals surface area (Å²) in [4.78, 5) is 14.7. The number of thioether (sulfide) groups is 2. The molecule has 1 aromatic heterocycles. The number of anilines is 1. The Hall–Kier alpha value is -2.21. The predicted molar refractivity (Wildman–Crippen MR) is 124 cm³/mol. The zero-order valence-corrected chi connectivity index (χ0v) is 17.6. The number of thiophene rings is 1. The van der Waals surface area contributed by atoms with Crippen molar-refractivity contribution in [2.45, 2.75) is 15.5 Å². The van der Waals surface area contributed by atoms with Crippen molar-refractivity contribution >= 4 is 57.2 Å². The molecule has 3 aromatic carbocycles. The molecule has 0 aliphatic rings. The second kappa shape index (κ2) is 9.32. The highest BCUT2D eigenvalue weighted by Crippen LogP contribution is 2.31. The van der Waals surface area contributed by atoms with Crippen molar-refractivity contribution < 1.29 is 4.79 Å². The predicted octanol–water partition coefficient (Wildman–Crippen LogP) is 6.92. The topological polar surface area (TPSA) is 29.1 Å². The largest absolute Gasteiger partial charge is 0.324 e. The van der Waals surface area contributed by atoms with Gasteiger partial charge >= 0.3 is 0 Å². The highest BCUT2D eigenvalue weighted by molar-refractivity contribution is 8.00. The lowest BCUT2D eigenvalue weighted by atomic mass is 10.1. The Labute approximate surface area is 177 Å². The van der Waals surface area contributed by atoms with Gasteiger partial charge in [0.15, 0.2) is 0 Å². The van der Waals surface area contributed by atoms with Gasteiger partial charge in [-0.1, -0.05) is 42.5 Å². The first-order valence-corrected chi connectivity index (χ1v) is 11.8. The Kier molecular flexibility index (Phi) is 6.37. The molecule has 5 heteroatoms. The third kappa shape index (κ3) is 4.98. The maximum atomic E-state index is 12.5. The van der Waals surface area contributed by atoms with Crippen LogP contribution in [0, 0.1) is 0 Å². The van der Waals surface area contributed by atoms with E-state index >= 15 is 0 Å². The van der Waals surface area contributed by atoms with Crippen LogP contribution in [0.5, 0.6) is 0 Å². The van der Waals surface area contributed by atoms with Crippen LogP contribution in [0.15, 0.2) is 93.3 Å². The summed E-state index contributed by atoms with van der Waals surface area (Å²) >= 11 is 5.02. The Morgan fingerprint density at radius 3 is 2.57 bits per heavy atom. The van der Waals surface area contributed by atoms with Crippen LogP contribution in [0.25, 0.3) is 10.8 Å². The highest BCUT2D eigenvalue weighted by atomic mass is 32.2. The van der Waals surface area contributed by atoms with Gasteiger partial charge in [0.1, 0.15) is 0 Å². The number of rotatable bonds is 7. The summed E-state index contributed by atoms with van der Waals surface area (Å²) in [6.45, 7) is 0. The van der Waals surface area contributed by atoms with Crippen molar-refractivity contribution in [1.82, 2.24) is 0 Å². The molecule has 0 saturated heterocycles. The molecular weight excluding hydrogens is 402 g/mol. The minimum absolute atomic E-state index is 0.0155. The van der Waals surface area contributed by atoms with E-state index in [2.05, 4.69) is 58.5 Å². The average Bonchev–Trinajstić information content (AvgIpc) is 3.25. The molecule has 0 atom stereocenters. The monoisotopic (exact) mass is 421 g/mol. The number of benzene rings is 3. The van der Waals surface area contributed by atoms with Gasteiger partial charge in [-0.25, -0.2) is 0 Å². The highest BCUT2D eigenvalue weighted by Gasteiger charge is 2.09. The van der Waals surface area contributed by atoms with E-state index in [-0.39, 0.29) is 5.91 Å². The lowest BCUT2D eigenvalue weighted by Crippen LogP contribution is -2.14. The van der Waals surface area contributed by atoms with E-state index in [1.165, 1.54) is 16.3 Å². The summed E-state index contributed by atoms with van der Waals surface area (Å²) < 4.78 is 0. The number of hydrogen-bond donors (Lipinski definition) is 1. The summed E-state index contributed by atoms with van der Waals surface area (Å²) in [7, 11) is 0. The molecule has 0 bridgehead atoms. The first-order chi connectivity index (χ1) is 13.8. The number of amides is 1. The Bertz CT molecular complexity index is 1080. The first kappa shape index (κ1) is 19.1. The molecule has 0 aliphatic heterocycles. The van der Waals surface area contributed by atoms with Gasteiger partial charge in [0.2, 0.25) is 5.91 Å². The lowest BCUT2D eigenvalue weighted by molar-refractivity contribution is -0.113. The molecule has 0 aliphatic carbocycles. The second-order valence-electron chi connectivity index (χ2n) is 6.26. The third-order valence-corrected chi connectivity index (χ3v) is 7.10. The molecule has 1 N–H and O–H groups in total. The van der Waals surface area contributed by atoms with Crippen molar-refractivity contribution in [3.63, 3.8) is 0 Å². The maximum Gasteiger partial charge on any atom is 0.234 e. The number of para-hydroxylation sites is 1. The van der Waals surface area contributed by atoms with Gasteiger partial charge in [0, 0.05) is 15.5 Å². The third-order valence-electron chi connectivity index (χ3n) is 4.23. The van der Waals surface area contributed by atoms with Crippen LogP contribution in [0.3, 0.4) is 0 Å². The second-order valence-corrected chi connectivity index (χ2v) is 9.11. The summed E-state index contributed by atoms with van der Waals surface area (Å²) in [6.07, 6.45) is 0. The van der Waals surface area contributed by atoms with Crippen molar-refractivity contribution in [3.05, 3.63) is 89.1 Å². The molecule has 28 heavy (non-hydrogen) atoms. The van der Waals surface area contributed by atoms with Crippen molar-refractivity contribution in [1.29, 1.82) is 0 Å². The van der Waals surface area contributed by atoms with E-state index in [1.54, 1.807) is 34.9 Å². The fourth-order valence-electron chi connectivity index (χ4n) is 2.82. The molecule has 0 saturated carbocycles. The average molecular weight is 422 g/mol. The molecule has 0 fully saturated rings. The normalized spacial score (nSPS) is 10.9. The van der Waals surface area contributed by atoms with E-state index in [9.17, 15) is 4.79 Å². The zero-order chi connectivity index (χ0) is 19.2. The molecule has 0 unspecified atom stereocenters. The zero-order valence-electron chi connectivity index (χ0n) is 15.1. The van der Waals surface area contributed by atoms with Crippen LogP contribution in [0.2, 0.25) is 0 Å². The molecule has 4 aromatic rings. The minimum Gasteiger partial charge on any atom is -0.324 e. The van der Waals surface area contributed by atoms with Crippen molar-refractivity contribution in [2.75, 3.05) is 11.1 Å². The number of hydrogen-bond acceptors (Lipinski definition) is 4. The van der Waals surface area contributed by atoms with Gasteiger partial charge in [-0.15, -0.1) is 23.5 Å². The summed E-state index contributed by atoms with van der Waals surface area (Å²) in [6, 6.07) is 24.7. The van der Waals surface area contributed by atoms with Gasteiger partial charge < -0.3 is 5.32 Å². The fourth-order valence-corrected chi connectivity index (χ4v) is 5.29. The van der Waals surface area contributed by atoms with E-state index in [4.69, 9.17) is 0 Å². The van der Waals surface area contributed by atoms with Crippen molar-refractivity contribution in [3.8, 4) is 0 Å². The minimum atomic E-state index is 0.0155. The standard InChI is InChI=1S/C23H19NOS3/c25-23(16-27-20-10-9-18-5-1-2-6-19(18)13-20)24-21-7-3-4-8-22(21)28-15-17-11-12-26-14-17/h1-14H,15-16H2,(H,24,25). The Morgan fingerprint density at radius 2 is 1.71 bits per heavy atom. The molecule has 4 rings (SSSR count). The van der Waals surface area contributed by atoms with Crippen LogP contribution < -0.4 is 5.32 Å². The number of carbonyl (C=O) groups is 1. The summed E-state index contributed by atoms with van der Waals surface area (Å²) in [5, 5.41) is 9.73. The number of carbonyl (C=O) groups excluding carboxylic acids is 1. The summed E-state index contributed by atoms with van der Waals surface area (Å²) in [5.41, 5.74) is 2.19. The van der Waals surface area contributed by atoms with E-state index in [1.807, 2.05) is 30.3 Å². The van der Waals surface area contributed by atoms with Gasteiger partial charge in [0.05, 0.1) is 11.4 Å². The van der Waals surface area contributed by atoms with Crippen LogP contribution in [0.4, 0.5) is 5.69 Å². The van der Waals surface area contributed by atoms with Crippen LogP contribution >= 0.6 is 34.9 Å². The molecule has 2 nitrogen and oxygen atoms in total. The first-order valence-electron chi connectivity index (χ1n) is 8.92. The summed E-state index contributed by atoms with van der Waals surface area (Å²) in [5.74, 6) is 1.31. The van der Waals surface area contributed by atoms with Gasteiger partial charge in [-0.3, -0.25) is 4.79 Å². The van der Waals surface area contributed by atoms with Gasteiger partial charge in [0.25, 0.3) is 0 Å². The molecule has 1 heterocycles. The number of nitrogens with one attached hydrogen (secondary N) is 1. The van der Waals surface area contributed by atoms with E-state index < -0.39 is 0 Å². The smallest absolute Gasteiger partial charge is 0.234 e. The van der Waals surface area contributed by atoms with Crippen LogP contribution in [-0.2, 0) is 10.5 Å². The number of fused-ring (bicyclic) bond motifs is 1. The molecule has 0 spiro atoms. The quantitative estimate of drug-likeness (QED) is 0.328. The van der Waals surface area contributed by atoms with Crippen LogP contribution in [0.1, 0.15) is 5.56 Å². The SMILES string of the molecule is O=C(CSc1ccc2ccccc2c1)Nc1ccccc1SCc1ccsc1. The van der Waals surface area contributed by atoms with E-state index in [0.29, 0.717) is 5.75 Å². The molecule has 140 valence electrons. The van der Waals surface area contributed by atoms with Gasteiger partial charge in [-0.2, -0.15) is 11.3 Å². The Balaban J connectivity index is 1.36. The fraction of sp³-hybridized carbons (Fsp3) is 0.0870. The Morgan fingerprint density at radius 1 is 0.893 bits per heavy atom. The van der Waals surface area contributed by atoms with Crippen LogP contribution in [-0.4, -0.2) is 11.7 Å². The molecule has 0 radical (unpaired) electrons. The molecule has 1 amide bonds. The molecular formula is C23H19NOS3. The maximum absolute atomic E-state index is 12.5. The lowest BCUT2D eigenvalue weighted by Gasteiger charge is -2.10. The van der Waals surface area contributed by atoms with E-state index in [0.717, 1.165) is 21.2 Å².